The summed E-state index contributed by atoms with van der Waals surface area (Å²) in [7, 11) is 5.53. The number of nitrogens with zero attached hydrogens (tertiary/aromatic N) is 2. The van der Waals surface area contributed by atoms with E-state index in [0.29, 0.717) is 17.9 Å². The van der Waals surface area contributed by atoms with Crippen LogP contribution in [0.5, 0.6) is 11.5 Å². The standard InChI is InChI=1S/C32H38N4O3/c1-34-31(18-30(33-34)32-5-4-16-39-32)29-22-36-15-14-25(29)17-26(36)21-35(19-23-6-10-27(37-2)11-7-23)20-24-8-12-28(38-3)13-9-24/h4-13,16,18,25-26,29H,14-15,17,19-22H2,1-3H3/p+2. The number of furan rings is 1. The number of piperidine rings is 3. The van der Waals surface area contributed by atoms with Crippen LogP contribution in [0.4, 0.5) is 0 Å². The van der Waals surface area contributed by atoms with Gasteiger partial charge in [-0.15, -0.1) is 0 Å². The van der Waals surface area contributed by atoms with Gasteiger partial charge in [-0.2, -0.15) is 5.10 Å². The molecule has 3 aliphatic rings. The largest absolute Gasteiger partial charge is 0.497 e. The summed E-state index contributed by atoms with van der Waals surface area (Å²) in [5, 5.41) is 4.79. The van der Waals surface area contributed by atoms with Gasteiger partial charge >= 0.3 is 0 Å². The fourth-order valence-corrected chi connectivity index (χ4v) is 6.87. The van der Waals surface area contributed by atoms with Gasteiger partial charge in [0.2, 0.25) is 0 Å². The van der Waals surface area contributed by atoms with E-state index in [2.05, 4.69) is 66.3 Å². The van der Waals surface area contributed by atoms with E-state index >= 15 is 0 Å². The topological polar surface area (TPSA) is 58.3 Å². The van der Waals surface area contributed by atoms with Gasteiger partial charge in [0, 0.05) is 36.7 Å². The number of hydrogen-bond donors (Lipinski definition) is 2. The summed E-state index contributed by atoms with van der Waals surface area (Å²) in [5.41, 5.74) is 4.99. The number of aromatic nitrogens is 2. The van der Waals surface area contributed by atoms with Crippen LogP contribution in [-0.2, 0) is 20.1 Å². The van der Waals surface area contributed by atoms with E-state index in [1.807, 2.05) is 12.1 Å². The van der Waals surface area contributed by atoms with Crippen LogP contribution in [0.15, 0.2) is 77.4 Å². The normalized spacial score (nSPS) is 22.4. The zero-order valence-corrected chi connectivity index (χ0v) is 23.2. The van der Waals surface area contributed by atoms with Gasteiger partial charge in [-0.3, -0.25) is 4.68 Å². The summed E-state index contributed by atoms with van der Waals surface area (Å²) in [6.07, 6.45) is 4.29. The molecule has 4 atom stereocenters. The lowest BCUT2D eigenvalue weighted by atomic mass is 9.74. The minimum absolute atomic E-state index is 0.554. The van der Waals surface area contributed by atoms with Crippen molar-refractivity contribution in [1.29, 1.82) is 0 Å². The number of aryl methyl sites for hydroxylation is 1. The lowest BCUT2D eigenvalue weighted by molar-refractivity contribution is -0.998. The van der Waals surface area contributed by atoms with Crippen molar-refractivity contribution in [2.45, 2.75) is 37.9 Å². The second kappa shape index (κ2) is 11.3. The molecule has 0 spiro atoms. The number of quaternary nitrogens is 2. The van der Waals surface area contributed by atoms with Crippen molar-refractivity contribution in [2.24, 2.45) is 13.0 Å². The van der Waals surface area contributed by atoms with Crippen LogP contribution in [0.3, 0.4) is 0 Å². The van der Waals surface area contributed by atoms with Crippen LogP contribution in [0.25, 0.3) is 11.5 Å². The second-order valence-electron chi connectivity index (χ2n) is 11.3. The van der Waals surface area contributed by atoms with Gasteiger partial charge in [0.25, 0.3) is 0 Å². The van der Waals surface area contributed by atoms with E-state index in [9.17, 15) is 0 Å². The summed E-state index contributed by atoms with van der Waals surface area (Å²) in [5.74, 6) is 3.92. The first-order valence-electron chi connectivity index (χ1n) is 14.1. The van der Waals surface area contributed by atoms with Gasteiger partial charge in [-0.25, -0.2) is 0 Å². The van der Waals surface area contributed by atoms with E-state index in [0.717, 1.165) is 36.0 Å². The first-order chi connectivity index (χ1) is 19.1. The summed E-state index contributed by atoms with van der Waals surface area (Å²) in [4.78, 5) is 3.36. The second-order valence-corrected chi connectivity index (χ2v) is 11.3. The van der Waals surface area contributed by atoms with Crippen LogP contribution in [0.1, 0.15) is 35.6 Å². The highest BCUT2D eigenvalue weighted by molar-refractivity contribution is 5.52. The quantitative estimate of drug-likeness (QED) is 0.333. The zero-order chi connectivity index (χ0) is 26.8. The van der Waals surface area contributed by atoms with E-state index in [-0.39, 0.29) is 0 Å². The Labute approximate surface area is 230 Å². The maximum absolute atomic E-state index is 5.62. The van der Waals surface area contributed by atoms with E-state index in [1.165, 1.54) is 49.3 Å². The third-order valence-electron chi connectivity index (χ3n) is 8.88. The minimum Gasteiger partial charge on any atom is -0.497 e. The molecule has 4 unspecified atom stereocenters. The molecule has 4 aromatic rings. The molecule has 3 saturated heterocycles. The number of rotatable bonds is 10. The molecule has 204 valence electrons. The van der Waals surface area contributed by atoms with Gasteiger partial charge in [0.05, 0.1) is 39.5 Å². The number of hydrogen-bond acceptors (Lipinski definition) is 4. The van der Waals surface area contributed by atoms with Crippen LogP contribution < -0.4 is 19.3 Å². The molecular formula is C32H40N4O3+2. The molecule has 2 N–H and O–H groups in total. The van der Waals surface area contributed by atoms with Gasteiger partial charge in [0.1, 0.15) is 42.9 Å². The monoisotopic (exact) mass is 528 g/mol. The number of methoxy groups -OCH3 is 2. The predicted octanol–water partition coefficient (Wildman–Crippen LogP) is 2.74. The SMILES string of the molecule is COc1ccc(C[NH+](Cc2ccc(OC)cc2)CC2CC3CC[NH+]2CC3c2cc(-c3ccco3)nn2C)cc1. The lowest BCUT2D eigenvalue weighted by Gasteiger charge is -2.47. The summed E-state index contributed by atoms with van der Waals surface area (Å²) < 4.78 is 18.5. The Morgan fingerprint density at radius 2 is 1.64 bits per heavy atom. The molecule has 0 amide bonds. The van der Waals surface area contributed by atoms with Crippen molar-refractivity contribution in [2.75, 3.05) is 33.9 Å². The average Bonchev–Trinajstić information content (AvgIpc) is 3.64. The highest BCUT2D eigenvalue weighted by Gasteiger charge is 2.46. The summed E-state index contributed by atoms with van der Waals surface area (Å²) >= 11 is 0. The number of benzene rings is 2. The summed E-state index contributed by atoms with van der Waals surface area (Å²) in [6, 6.07) is 24.0. The van der Waals surface area contributed by atoms with Crippen molar-refractivity contribution in [3.05, 3.63) is 89.8 Å². The smallest absolute Gasteiger partial charge is 0.154 e. The Morgan fingerprint density at radius 1 is 0.974 bits per heavy atom. The third kappa shape index (κ3) is 5.60. The highest BCUT2D eigenvalue weighted by atomic mass is 16.5. The van der Waals surface area contributed by atoms with Crippen molar-refractivity contribution < 1.29 is 23.7 Å². The Kier molecular flexibility index (Phi) is 7.44. The maximum Gasteiger partial charge on any atom is 0.154 e. The molecule has 39 heavy (non-hydrogen) atoms. The van der Waals surface area contributed by atoms with Gasteiger partial charge in [0.15, 0.2) is 5.76 Å². The molecule has 2 aromatic carbocycles. The van der Waals surface area contributed by atoms with E-state index < -0.39 is 0 Å². The molecule has 7 rings (SSSR count). The number of nitrogens with one attached hydrogen (secondary N) is 2. The maximum atomic E-state index is 5.62. The van der Waals surface area contributed by atoms with Crippen molar-refractivity contribution >= 4 is 0 Å². The Morgan fingerprint density at radius 3 is 2.18 bits per heavy atom. The molecule has 7 nitrogen and oxygen atoms in total. The molecule has 0 saturated carbocycles. The van der Waals surface area contributed by atoms with Gasteiger partial charge < -0.3 is 23.7 Å². The molecule has 0 aliphatic carbocycles. The van der Waals surface area contributed by atoms with Crippen molar-refractivity contribution in [3.8, 4) is 23.0 Å². The molecule has 5 heterocycles. The van der Waals surface area contributed by atoms with E-state index in [1.54, 1.807) is 30.3 Å². The molecule has 0 radical (unpaired) electrons. The first kappa shape index (κ1) is 25.7. The Balaban J connectivity index is 1.17. The van der Waals surface area contributed by atoms with Gasteiger partial charge in [-0.05, 0) is 72.6 Å². The third-order valence-corrected chi connectivity index (χ3v) is 8.88. The molecular weight excluding hydrogens is 488 g/mol. The summed E-state index contributed by atoms with van der Waals surface area (Å²) in [6.45, 7) is 5.63. The van der Waals surface area contributed by atoms with Crippen molar-refractivity contribution in [3.63, 3.8) is 0 Å². The molecule has 2 bridgehead atoms. The molecule has 2 aromatic heterocycles. The van der Waals surface area contributed by atoms with E-state index in [4.69, 9.17) is 19.0 Å². The minimum atomic E-state index is 0.554. The Bertz CT molecular complexity index is 1300. The fraction of sp³-hybridized carbons (Fsp3) is 0.406. The highest BCUT2D eigenvalue weighted by Crippen LogP contribution is 2.35. The zero-order valence-electron chi connectivity index (χ0n) is 23.2. The van der Waals surface area contributed by atoms with Crippen LogP contribution in [0.2, 0.25) is 0 Å². The molecule has 3 fully saturated rings. The average molecular weight is 529 g/mol. The number of ether oxygens (including phenoxy) is 2. The first-order valence-corrected chi connectivity index (χ1v) is 14.1. The Hall–Kier alpha value is -3.55. The molecule has 7 heteroatoms. The fourth-order valence-electron chi connectivity index (χ4n) is 6.87. The lowest BCUT2D eigenvalue weighted by Crippen LogP contribution is -3.24. The van der Waals surface area contributed by atoms with Gasteiger partial charge in [-0.1, -0.05) is 0 Å². The van der Waals surface area contributed by atoms with Crippen LogP contribution in [0, 0.1) is 5.92 Å². The van der Waals surface area contributed by atoms with Crippen molar-refractivity contribution in [1.82, 2.24) is 9.78 Å². The predicted molar refractivity (Wildman–Crippen MR) is 150 cm³/mol. The number of fused-ring (bicyclic) bond motifs is 3. The molecule has 3 aliphatic heterocycles. The van der Waals surface area contributed by atoms with Crippen LogP contribution in [-0.4, -0.2) is 49.7 Å². The van der Waals surface area contributed by atoms with Crippen LogP contribution >= 0.6 is 0 Å².